The average Bonchev–Trinajstić information content (AvgIpc) is 3.12. The van der Waals surface area contributed by atoms with Crippen LogP contribution in [-0.4, -0.2) is 16.0 Å². The van der Waals surface area contributed by atoms with Gasteiger partial charge >= 0.3 is 0 Å². The molecule has 0 saturated heterocycles. The summed E-state index contributed by atoms with van der Waals surface area (Å²) >= 11 is 0. The Morgan fingerprint density at radius 3 is 3.09 bits per heavy atom. The van der Waals surface area contributed by atoms with E-state index >= 15 is 0 Å². The van der Waals surface area contributed by atoms with Gasteiger partial charge in [0.15, 0.2) is 0 Å². The standard InChI is InChI=1S/C16H16N4O2/c1-9-5-14(20-22-9)10(2)18-16(21)15-7-12-6-11(8-17)3-4-13(12)19-15/h3-5,7,10-11,19H,6H2,1-2H3,(H,18,21). The lowest BCUT2D eigenvalue weighted by Crippen LogP contribution is -2.27. The van der Waals surface area contributed by atoms with Gasteiger partial charge in [0.05, 0.1) is 18.0 Å². The molecule has 1 aliphatic rings. The molecule has 3 rings (SSSR count). The van der Waals surface area contributed by atoms with Gasteiger partial charge < -0.3 is 14.8 Å². The molecule has 2 aromatic heterocycles. The van der Waals surface area contributed by atoms with Crippen molar-refractivity contribution in [1.29, 1.82) is 5.26 Å². The highest BCUT2D eigenvalue weighted by molar-refractivity contribution is 5.93. The van der Waals surface area contributed by atoms with Crippen molar-refractivity contribution in [2.75, 3.05) is 0 Å². The molecule has 0 aromatic carbocycles. The van der Waals surface area contributed by atoms with Crippen molar-refractivity contribution in [3.63, 3.8) is 0 Å². The van der Waals surface area contributed by atoms with Gasteiger partial charge in [-0.1, -0.05) is 11.2 Å². The highest BCUT2D eigenvalue weighted by atomic mass is 16.5. The first-order chi connectivity index (χ1) is 10.6. The first-order valence-corrected chi connectivity index (χ1v) is 7.10. The molecule has 0 fully saturated rings. The summed E-state index contributed by atoms with van der Waals surface area (Å²) < 4.78 is 5.01. The highest BCUT2D eigenvalue weighted by Crippen LogP contribution is 2.23. The Morgan fingerprint density at radius 1 is 1.59 bits per heavy atom. The monoisotopic (exact) mass is 296 g/mol. The summed E-state index contributed by atoms with van der Waals surface area (Å²) in [6, 6.07) is 5.58. The minimum atomic E-state index is -0.243. The van der Waals surface area contributed by atoms with Crippen molar-refractivity contribution < 1.29 is 9.32 Å². The van der Waals surface area contributed by atoms with E-state index in [2.05, 4.69) is 21.5 Å². The third-order valence-corrected chi connectivity index (χ3v) is 3.72. The van der Waals surface area contributed by atoms with Crippen LogP contribution in [0.4, 0.5) is 0 Å². The van der Waals surface area contributed by atoms with E-state index in [9.17, 15) is 4.79 Å². The van der Waals surface area contributed by atoms with E-state index in [4.69, 9.17) is 9.78 Å². The summed E-state index contributed by atoms with van der Waals surface area (Å²) in [5.41, 5.74) is 3.05. The molecule has 2 atom stereocenters. The van der Waals surface area contributed by atoms with Crippen LogP contribution in [0.5, 0.6) is 0 Å². The zero-order chi connectivity index (χ0) is 15.7. The lowest BCUT2D eigenvalue weighted by atomic mass is 9.95. The number of aromatic amines is 1. The van der Waals surface area contributed by atoms with Crippen LogP contribution in [0.25, 0.3) is 6.08 Å². The molecule has 0 aliphatic heterocycles. The lowest BCUT2D eigenvalue weighted by Gasteiger charge is -2.09. The van der Waals surface area contributed by atoms with Gasteiger partial charge in [0.1, 0.15) is 17.1 Å². The Labute approximate surface area is 127 Å². The van der Waals surface area contributed by atoms with Gasteiger partial charge in [0.2, 0.25) is 0 Å². The molecule has 2 N–H and O–H groups in total. The van der Waals surface area contributed by atoms with E-state index in [1.54, 1.807) is 12.1 Å². The quantitative estimate of drug-likeness (QED) is 0.909. The van der Waals surface area contributed by atoms with Crippen molar-refractivity contribution in [1.82, 2.24) is 15.5 Å². The van der Waals surface area contributed by atoms with E-state index in [0.29, 0.717) is 23.6 Å². The van der Waals surface area contributed by atoms with Gasteiger partial charge in [-0.15, -0.1) is 0 Å². The van der Waals surface area contributed by atoms with Crippen LogP contribution in [0.2, 0.25) is 0 Å². The second-order valence-corrected chi connectivity index (χ2v) is 5.48. The molecule has 2 aromatic rings. The normalized spacial score (nSPS) is 17.6. The number of allylic oxidation sites excluding steroid dienone is 1. The molecule has 22 heavy (non-hydrogen) atoms. The molecule has 1 amide bonds. The fraction of sp³-hybridized carbons (Fsp3) is 0.312. The summed E-state index contributed by atoms with van der Waals surface area (Å²) in [5, 5.41) is 15.8. The number of rotatable bonds is 3. The van der Waals surface area contributed by atoms with E-state index in [1.165, 1.54) is 0 Å². The van der Waals surface area contributed by atoms with Crippen LogP contribution in [-0.2, 0) is 6.42 Å². The second-order valence-electron chi connectivity index (χ2n) is 5.48. The third-order valence-electron chi connectivity index (χ3n) is 3.72. The molecule has 0 bridgehead atoms. The van der Waals surface area contributed by atoms with Gasteiger partial charge in [-0.25, -0.2) is 0 Å². The minimum Gasteiger partial charge on any atom is -0.361 e. The topological polar surface area (TPSA) is 94.7 Å². The smallest absolute Gasteiger partial charge is 0.268 e. The highest BCUT2D eigenvalue weighted by Gasteiger charge is 2.20. The number of carbonyl (C=O) groups is 1. The van der Waals surface area contributed by atoms with Crippen LogP contribution in [0, 0.1) is 24.2 Å². The molecular weight excluding hydrogens is 280 g/mol. The number of aryl methyl sites for hydroxylation is 1. The number of hydrogen-bond acceptors (Lipinski definition) is 4. The summed E-state index contributed by atoms with van der Waals surface area (Å²) in [6.45, 7) is 3.66. The molecule has 2 unspecified atom stereocenters. The van der Waals surface area contributed by atoms with Crippen molar-refractivity contribution in [2.24, 2.45) is 5.92 Å². The molecule has 0 radical (unpaired) electrons. The maximum absolute atomic E-state index is 12.3. The molecule has 0 saturated carbocycles. The number of carbonyl (C=O) groups excluding carboxylic acids is 1. The molecule has 1 aliphatic carbocycles. The second kappa shape index (κ2) is 5.53. The van der Waals surface area contributed by atoms with Crippen molar-refractivity contribution >= 4 is 12.0 Å². The number of aromatic nitrogens is 2. The zero-order valence-corrected chi connectivity index (χ0v) is 12.4. The van der Waals surface area contributed by atoms with Crippen LogP contribution in [0.1, 0.15) is 46.2 Å². The van der Waals surface area contributed by atoms with Crippen molar-refractivity contribution in [3.8, 4) is 6.07 Å². The Bertz CT molecular complexity index is 778. The van der Waals surface area contributed by atoms with Crippen molar-refractivity contribution in [2.45, 2.75) is 26.3 Å². The number of hydrogen-bond donors (Lipinski definition) is 2. The van der Waals surface area contributed by atoms with Crippen LogP contribution in [0.3, 0.4) is 0 Å². The van der Waals surface area contributed by atoms with E-state index in [0.717, 1.165) is 11.3 Å². The number of nitrogens with zero attached hydrogens (tertiary/aromatic N) is 2. The lowest BCUT2D eigenvalue weighted by molar-refractivity contribution is 0.0934. The predicted octanol–water partition coefficient (Wildman–Crippen LogP) is 2.51. The van der Waals surface area contributed by atoms with E-state index in [1.807, 2.05) is 26.0 Å². The number of nitriles is 1. The minimum absolute atomic E-state index is 0.128. The van der Waals surface area contributed by atoms with Crippen LogP contribution < -0.4 is 5.32 Å². The van der Waals surface area contributed by atoms with Crippen LogP contribution >= 0.6 is 0 Å². The number of fused-ring (bicyclic) bond motifs is 1. The molecular formula is C16H16N4O2. The fourth-order valence-corrected chi connectivity index (χ4v) is 2.50. The zero-order valence-electron chi connectivity index (χ0n) is 12.4. The van der Waals surface area contributed by atoms with E-state index < -0.39 is 0 Å². The van der Waals surface area contributed by atoms with Gasteiger partial charge in [-0.3, -0.25) is 4.79 Å². The molecule has 0 spiro atoms. The molecule has 112 valence electrons. The molecule has 6 heteroatoms. The molecule has 6 nitrogen and oxygen atoms in total. The largest absolute Gasteiger partial charge is 0.361 e. The molecule has 2 heterocycles. The van der Waals surface area contributed by atoms with Gasteiger partial charge in [0.25, 0.3) is 5.91 Å². The Balaban J connectivity index is 1.73. The van der Waals surface area contributed by atoms with Gasteiger partial charge in [0, 0.05) is 11.8 Å². The van der Waals surface area contributed by atoms with E-state index in [-0.39, 0.29) is 17.9 Å². The third kappa shape index (κ3) is 2.66. The Morgan fingerprint density at radius 2 is 2.41 bits per heavy atom. The SMILES string of the molecule is Cc1cc(C(C)NC(=O)c2cc3c([nH]2)C=CC(C#N)C3)no1. The number of amides is 1. The van der Waals surface area contributed by atoms with Gasteiger partial charge in [-0.2, -0.15) is 5.26 Å². The maximum Gasteiger partial charge on any atom is 0.268 e. The summed E-state index contributed by atoms with van der Waals surface area (Å²) in [6.07, 6.45) is 4.33. The van der Waals surface area contributed by atoms with Crippen molar-refractivity contribution in [3.05, 3.63) is 46.6 Å². The number of H-pyrrole nitrogens is 1. The first-order valence-electron chi connectivity index (χ1n) is 7.10. The predicted molar refractivity (Wildman–Crippen MR) is 79.8 cm³/mol. The van der Waals surface area contributed by atoms with Crippen LogP contribution in [0.15, 0.2) is 22.7 Å². The fourth-order valence-electron chi connectivity index (χ4n) is 2.50. The maximum atomic E-state index is 12.3. The van der Waals surface area contributed by atoms with Gasteiger partial charge in [-0.05, 0) is 38.0 Å². The first kappa shape index (κ1) is 14.1. The summed E-state index contributed by atoms with van der Waals surface area (Å²) in [4.78, 5) is 15.4. The summed E-state index contributed by atoms with van der Waals surface area (Å²) in [7, 11) is 0. The summed E-state index contributed by atoms with van der Waals surface area (Å²) in [5.74, 6) is 0.375. The Kier molecular flexibility index (Phi) is 3.55. The number of nitrogens with one attached hydrogen (secondary N) is 2. The average molecular weight is 296 g/mol. The Hall–Kier alpha value is -2.81.